The summed E-state index contributed by atoms with van der Waals surface area (Å²) in [6.07, 6.45) is 9.66. The summed E-state index contributed by atoms with van der Waals surface area (Å²) in [7, 11) is 0. The molecule has 1 saturated heterocycles. The molecule has 2 fully saturated rings. The summed E-state index contributed by atoms with van der Waals surface area (Å²) in [5, 5.41) is 25.5. The molecule has 25 heavy (non-hydrogen) atoms. The van der Waals surface area contributed by atoms with Gasteiger partial charge in [0.25, 0.3) is 5.91 Å². The van der Waals surface area contributed by atoms with Gasteiger partial charge in [-0.05, 0) is 19.8 Å². The van der Waals surface area contributed by atoms with Crippen LogP contribution in [0.2, 0.25) is 0 Å². The molecule has 1 aliphatic heterocycles. The Balaban J connectivity index is 1.51. The maximum atomic E-state index is 12.9. The maximum absolute atomic E-state index is 12.9. The number of rotatable bonds is 3. The number of aromatic nitrogens is 5. The minimum atomic E-state index is -1.13. The largest absolute Gasteiger partial charge is 0.381 e. The molecule has 134 valence electrons. The number of H-pyrrole nitrogens is 1. The van der Waals surface area contributed by atoms with Crippen molar-refractivity contribution >= 4 is 5.91 Å². The van der Waals surface area contributed by atoms with E-state index in [9.17, 15) is 9.90 Å². The Morgan fingerprint density at radius 2 is 2.12 bits per heavy atom. The van der Waals surface area contributed by atoms with E-state index >= 15 is 0 Å². The number of hydrogen-bond acceptors (Lipinski definition) is 5. The Bertz CT molecular complexity index is 749. The van der Waals surface area contributed by atoms with Crippen LogP contribution in [0, 0.1) is 6.92 Å². The Morgan fingerprint density at radius 1 is 1.32 bits per heavy atom. The molecule has 2 aliphatic rings. The highest BCUT2D eigenvalue weighted by atomic mass is 16.3. The molecule has 2 N–H and O–H groups in total. The second kappa shape index (κ2) is 6.25. The van der Waals surface area contributed by atoms with Gasteiger partial charge in [-0.3, -0.25) is 9.48 Å². The van der Waals surface area contributed by atoms with Gasteiger partial charge in [0.2, 0.25) is 0 Å². The van der Waals surface area contributed by atoms with Crippen molar-refractivity contribution < 1.29 is 9.90 Å². The van der Waals surface area contributed by atoms with Crippen LogP contribution in [0.15, 0.2) is 12.4 Å². The Labute approximate surface area is 146 Å². The van der Waals surface area contributed by atoms with Gasteiger partial charge in [-0.2, -0.15) is 20.5 Å². The number of aliphatic hydroxyl groups is 1. The van der Waals surface area contributed by atoms with Crippen LogP contribution >= 0.6 is 0 Å². The zero-order valence-corrected chi connectivity index (χ0v) is 14.5. The fourth-order valence-electron chi connectivity index (χ4n) is 4.10. The van der Waals surface area contributed by atoms with Crippen molar-refractivity contribution in [3.05, 3.63) is 29.3 Å². The summed E-state index contributed by atoms with van der Waals surface area (Å²) in [6, 6.07) is 0.404. The van der Waals surface area contributed by atoms with Crippen LogP contribution in [-0.4, -0.2) is 54.2 Å². The molecule has 2 aromatic heterocycles. The lowest BCUT2D eigenvalue weighted by Crippen LogP contribution is -2.35. The van der Waals surface area contributed by atoms with Gasteiger partial charge in [-0.1, -0.05) is 19.3 Å². The van der Waals surface area contributed by atoms with Crippen molar-refractivity contribution in [1.29, 1.82) is 0 Å². The fraction of sp³-hybridized carbons (Fsp3) is 0.647. The van der Waals surface area contributed by atoms with Crippen molar-refractivity contribution in [2.75, 3.05) is 13.1 Å². The number of nitrogens with zero attached hydrogens (tertiary/aromatic N) is 5. The van der Waals surface area contributed by atoms with E-state index in [0.29, 0.717) is 30.3 Å². The molecule has 1 saturated carbocycles. The number of carbonyl (C=O) groups excluding carboxylic acids is 1. The molecule has 0 bridgehead atoms. The van der Waals surface area contributed by atoms with Crippen molar-refractivity contribution in [1.82, 2.24) is 30.1 Å². The molecule has 1 atom stereocenters. The van der Waals surface area contributed by atoms with E-state index in [0.717, 1.165) is 18.5 Å². The predicted molar refractivity (Wildman–Crippen MR) is 89.9 cm³/mol. The molecule has 3 heterocycles. The van der Waals surface area contributed by atoms with Gasteiger partial charge in [-0.25, -0.2) is 0 Å². The molecule has 8 heteroatoms. The van der Waals surface area contributed by atoms with Gasteiger partial charge in [0.1, 0.15) is 11.3 Å². The molecule has 1 aliphatic carbocycles. The van der Waals surface area contributed by atoms with Gasteiger partial charge < -0.3 is 10.0 Å². The van der Waals surface area contributed by atoms with Crippen molar-refractivity contribution in [2.24, 2.45) is 0 Å². The number of β-amino-alcohol motifs (C(OH)–C–C–N with tert-alkyl or cyclic N) is 1. The first-order valence-electron chi connectivity index (χ1n) is 9.00. The van der Waals surface area contributed by atoms with E-state index in [4.69, 9.17) is 0 Å². The quantitative estimate of drug-likeness (QED) is 0.880. The molecule has 4 rings (SSSR count). The Morgan fingerprint density at radius 3 is 2.84 bits per heavy atom. The normalized spacial score (nSPS) is 24.8. The van der Waals surface area contributed by atoms with Gasteiger partial charge in [0.15, 0.2) is 0 Å². The topological polar surface area (TPSA) is 99.9 Å². The van der Waals surface area contributed by atoms with Gasteiger partial charge in [-0.15, -0.1) is 0 Å². The van der Waals surface area contributed by atoms with E-state index < -0.39 is 5.60 Å². The third-order valence-electron chi connectivity index (χ3n) is 5.62. The molecule has 2 aromatic rings. The molecule has 0 radical (unpaired) electrons. The highest BCUT2D eigenvalue weighted by Crippen LogP contribution is 2.32. The minimum absolute atomic E-state index is 0.0704. The first-order chi connectivity index (χ1) is 12.1. The number of aromatic amines is 1. The number of carbonyl (C=O) groups is 1. The van der Waals surface area contributed by atoms with Gasteiger partial charge >= 0.3 is 0 Å². The van der Waals surface area contributed by atoms with E-state index in [2.05, 4.69) is 20.5 Å². The average Bonchev–Trinajstić information content (AvgIpc) is 3.35. The Kier molecular flexibility index (Phi) is 4.07. The number of hydrogen-bond donors (Lipinski definition) is 2. The zero-order valence-electron chi connectivity index (χ0n) is 14.5. The third kappa shape index (κ3) is 2.84. The lowest BCUT2D eigenvalue weighted by Gasteiger charge is -2.24. The van der Waals surface area contributed by atoms with Gasteiger partial charge in [0, 0.05) is 18.7 Å². The lowest BCUT2D eigenvalue weighted by atomic mass is 9.95. The van der Waals surface area contributed by atoms with Crippen LogP contribution in [0.25, 0.3) is 0 Å². The van der Waals surface area contributed by atoms with Crippen LogP contribution in [-0.2, 0) is 5.60 Å². The molecular formula is C17H24N6O2. The van der Waals surface area contributed by atoms with Crippen molar-refractivity contribution in [3.8, 4) is 0 Å². The summed E-state index contributed by atoms with van der Waals surface area (Å²) in [6.45, 7) is 2.69. The predicted octanol–water partition coefficient (Wildman–Crippen LogP) is 1.55. The highest BCUT2D eigenvalue weighted by molar-refractivity contribution is 5.95. The SMILES string of the molecule is Cc1c(C(=O)N2CCC(O)(c3cn[nH]n3)C2)cnn1C1CCCCC1. The molecule has 8 nitrogen and oxygen atoms in total. The van der Waals surface area contributed by atoms with Crippen LogP contribution in [0.1, 0.15) is 66.3 Å². The first-order valence-corrected chi connectivity index (χ1v) is 9.00. The van der Waals surface area contributed by atoms with Crippen molar-refractivity contribution in [3.63, 3.8) is 0 Å². The monoisotopic (exact) mass is 344 g/mol. The third-order valence-corrected chi connectivity index (χ3v) is 5.62. The van der Waals surface area contributed by atoms with E-state index in [-0.39, 0.29) is 12.5 Å². The second-order valence-electron chi connectivity index (χ2n) is 7.24. The van der Waals surface area contributed by atoms with Gasteiger partial charge in [0.05, 0.1) is 30.5 Å². The summed E-state index contributed by atoms with van der Waals surface area (Å²) in [4.78, 5) is 14.6. The van der Waals surface area contributed by atoms with E-state index in [1.54, 1.807) is 11.1 Å². The van der Waals surface area contributed by atoms with Crippen molar-refractivity contribution in [2.45, 2.75) is 57.1 Å². The highest BCUT2D eigenvalue weighted by Gasteiger charge is 2.42. The second-order valence-corrected chi connectivity index (χ2v) is 7.24. The van der Waals surface area contributed by atoms with Crippen LogP contribution in [0.5, 0.6) is 0 Å². The van der Waals surface area contributed by atoms with E-state index in [1.165, 1.54) is 25.5 Å². The van der Waals surface area contributed by atoms with E-state index in [1.807, 2.05) is 11.6 Å². The number of nitrogens with one attached hydrogen (secondary N) is 1. The molecule has 0 spiro atoms. The lowest BCUT2D eigenvalue weighted by molar-refractivity contribution is 0.0381. The maximum Gasteiger partial charge on any atom is 0.257 e. The zero-order chi connectivity index (χ0) is 17.4. The molecule has 1 amide bonds. The molecule has 0 aromatic carbocycles. The molecule has 1 unspecified atom stereocenters. The smallest absolute Gasteiger partial charge is 0.257 e. The standard InChI is InChI=1S/C17H24N6O2/c1-12-14(9-19-23(12)13-5-3-2-4-6-13)16(24)22-8-7-17(25,11-22)15-10-18-21-20-15/h9-10,13,25H,2-8,11H2,1H3,(H,18,20,21). The average molecular weight is 344 g/mol. The number of likely N-dealkylation sites (tertiary alicyclic amines) is 1. The summed E-state index contributed by atoms with van der Waals surface area (Å²) in [5.74, 6) is -0.0704. The fourth-order valence-corrected chi connectivity index (χ4v) is 4.10. The van der Waals surface area contributed by atoms with Crippen LogP contribution < -0.4 is 0 Å². The summed E-state index contributed by atoms with van der Waals surface area (Å²) >= 11 is 0. The Hall–Kier alpha value is -2.22. The first kappa shape index (κ1) is 16.3. The van der Waals surface area contributed by atoms with Crippen LogP contribution in [0.4, 0.5) is 0 Å². The minimum Gasteiger partial charge on any atom is -0.381 e. The summed E-state index contributed by atoms with van der Waals surface area (Å²) in [5.41, 5.74) is 0.914. The van der Waals surface area contributed by atoms with Crippen LogP contribution in [0.3, 0.4) is 0 Å². The number of amides is 1. The molecular weight excluding hydrogens is 320 g/mol. The summed E-state index contributed by atoms with van der Waals surface area (Å²) < 4.78 is 2.02.